The van der Waals surface area contributed by atoms with Gasteiger partial charge in [-0.3, -0.25) is 4.79 Å². The van der Waals surface area contributed by atoms with Gasteiger partial charge in [0.05, 0.1) is 16.3 Å². The first kappa shape index (κ1) is 23.6. The van der Waals surface area contributed by atoms with Gasteiger partial charge >= 0.3 is 0 Å². The lowest BCUT2D eigenvalue weighted by atomic mass is 10.2. The van der Waals surface area contributed by atoms with Crippen LogP contribution in [0.15, 0.2) is 23.1 Å². The Kier molecular flexibility index (Phi) is 8.04. The number of sulfonamides is 1. The van der Waals surface area contributed by atoms with Crippen molar-refractivity contribution in [2.75, 3.05) is 57.0 Å². The second-order valence-corrected chi connectivity index (χ2v) is 9.74. The van der Waals surface area contributed by atoms with Gasteiger partial charge in [-0.05, 0) is 32.0 Å². The zero-order chi connectivity index (χ0) is 21.8. The number of nitrogens with zero attached hydrogens (tertiary/aromatic N) is 2. The van der Waals surface area contributed by atoms with E-state index in [1.54, 1.807) is 18.2 Å². The van der Waals surface area contributed by atoms with Gasteiger partial charge in [-0.15, -0.1) is 0 Å². The molecule has 0 aliphatic carbocycles. The van der Waals surface area contributed by atoms with E-state index >= 15 is 0 Å². The first-order chi connectivity index (χ1) is 13.6. The van der Waals surface area contributed by atoms with Crippen molar-refractivity contribution in [2.45, 2.75) is 44.8 Å². The molecule has 1 aromatic carbocycles. The molecule has 29 heavy (non-hydrogen) atoms. The van der Waals surface area contributed by atoms with Gasteiger partial charge in [-0.25, -0.2) is 8.42 Å². The molecule has 0 radical (unpaired) electrons. The lowest BCUT2D eigenvalue weighted by Gasteiger charge is -2.32. The maximum Gasteiger partial charge on any atom is 0.279 e. The molecule has 0 bridgehead atoms. The molecule has 0 unspecified atom stereocenters. The van der Waals surface area contributed by atoms with E-state index in [0.29, 0.717) is 25.3 Å². The first-order valence-electron chi connectivity index (χ1n) is 10.2. The smallest absolute Gasteiger partial charge is 0.279 e. The van der Waals surface area contributed by atoms with Crippen LogP contribution >= 0.6 is 0 Å². The van der Waals surface area contributed by atoms with Crippen LogP contribution in [0.3, 0.4) is 0 Å². The number of carbonyl (C=O) groups excluding carboxylic acids is 1. The van der Waals surface area contributed by atoms with Gasteiger partial charge in [-0.2, -0.15) is 4.31 Å². The normalized spacial score (nSPS) is 22.5. The number of rotatable bonds is 8. The summed E-state index contributed by atoms with van der Waals surface area (Å²) in [6, 6.07) is 4.88. The lowest BCUT2D eigenvalue weighted by molar-refractivity contribution is -0.907. The summed E-state index contributed by atoms with van der Waals surface area (Å²) in [5.41, 5.74) is 1.26. The summed E-state index contributed by atoms with van der Waals surface area (Å²) in [6.07, 6.45) is 0.225. The number of hydrogen-bond donors (Lipinski definition) is 2. The van der Waals surface area contributed by atoms with Crippen LogP contribution in [0.25, 0.3) is 0 Å². The molecule has 0 saturated carbocycles. The van der Waals surface area contributed by atoms with E-state index in [9.17, 15) is 13.2 Å². The molecule has 1 saturated heterocycles. The largest absolute Gasteiger partial charge is 0.376 e. The number of benzene rings is 1. The first-order valence-corrected chi connectivity index (χ1v) is 11.6. The molecule has 8 nitrogen and oxygen atoms in total. The Balaban J connectivity index is 2.24. The summed E-state index contributed by atoms with van der Waals surface area (Å²) in [7, 11) is 0.121. The molecule has 1 aliphatic heterocycles. The van der Waals surface area contributed by atoms with Crippen LogP contribution in [-0.2, 0) is 19.6 Å². The fraction of sp³-hybridized carbons (Fsp3) is 0.650. The van der Waals surface area contributed by atoms with Crippen molar-refractivity contribution in [1.82, 2.24) is 4.31 Å². The standard InChI is InChI=1S/C20H34N4O4S/c1-7-24(8-2)29(26,27)17-9-10-19(22(5)6)18(11-17)21-20(25)14-23-12-15(3)28-16(4)13-23/h9-11,15-16H,7-8,12-14H2,1-6H3,(H,21,25)/p+1/t15-,16-/m0/s1. The third kappa shape index (κ3) is 5.91. The van der Waals surface area contributed by atoms with Crippen LogP contribution in [0.5, 0.6) is 0 Å². The van der Waals surface area contributed by atoms with Crippen molar-refractivity contribution in [1.29, 1.82) is 0 Å². The average Bonchev–Trinajstić information content (AvgIpc) is 2.61. The van der Waals surface area contributed by atoms with Crippen LogP contribution in [0.2, 0.25) is 0 Å². The molecule has 2 N–H and O–H groups in total. The van der Waals surface area contributed by atoms with Crippen LogP contribution in [0.1, 0.15) is 27.7 Å². The number of quaternary nitrogens is 1. The summed E-state index contributed by atoms with van der Waals surface area (Å²) in [5.74, 6) is -0.137. The molecule has 1 aliphatic rings. The Morgan fingerprint density at radius 3 is 2.28 bits per heavy atom. The Hall–Kier alpha value is -1.68. The van der Waals surface area contributed by atoms with E-state index in [2.05, 4.69) is 5.32 Å². The third-order valence-electron chi connectivity index (χ3n) is 5.09. The Labute approximate surface area is 174 Å². The second-order valence-electron chi connectivity index (χ2n) is 7.80. The summed E-state index contributed by atoms with van der Waals surface area (Å²) in [4.78, 5) is 15.9. The maximum absolute atomic E-state index is 12.9. The number of nitrogens with one attached hydrogen (secondary N) is 2. The Morgan fingerprint density at radius 1 is 1.17 bits per heavy atom. The maximum atomic E-state index is 12.9. The number of carbonyl (C=O) groups is 1. The van der Waals surface area contributed by atoms with Crippen molar-refractivity contribution < 1.29 is 22.8 Å². The van der Waals surface area contributed by atoms with Gasteiger partial charge in [0.1, 0.15) is 25.3 Å². The minimum absolute atomic E-state index is 0.112. The van der Waals surface area contributed by atoms with Gasteiger partial charge in [0, 0.05) is 27.2 Å². The molecule has 1 heterocycles. The highest BCUT2D eigenvalue weighted by molar-refractivity contribution is 7.89. The highest BCUT2D eigenvalue weighted by Crippen LogP contribution is 2.29. The highest BCUT2D eigenvalue weighted by Gasteiger charge is 2.28. The minimum atomic E-state index is -3.60. The average molecular weight is 428 g/mol. The third-order valence-corrected chi connectivity index (χ3v) is 7.14. The minimum Gasteiger partial charge on any atom is -0.376 e. The number of morpholine rings is 1. The van der Waals surface area contributed by atoms with Gasteiger partial charge in [-0.1, -0.05) is 13.8 Å². The monoisotopic (exact) mass is 427 g/mol. The Bertz CT molecular complexity index is 799. The van der Waals surface area contributed by atoms with Crippen LogP contribution in [-0.4, -0.2) is 77.7 Å². The van der Waals surface area contributed by atoms with Crippen LogP contribution in [0, 0.1) is 0 Å². The van der Waals surface area contributed by atoms with Crippen molar-refractivity contribution in [3.63, 3.8) is 0 Å². The highest BCUT2D eigenvalue weighted by atomic mass is 32.2. The van der Waals surface area contributed by atoms with Gasteiger partial charge in [0.2, 0.25) is 10.0 Å². The number of hydrogen-bond acceptors (Lipinski definition) is 5. The molecular formula is C20H35N4O4S+. The van der Waals surface area contributed by atoms with Crippen LogP contribution < -0.4 is 15.1 Å². The van der Waals surface area contributed by atoms with E-state index in [4.69, 9.17) is 4.74 Å². The molecule has 1 amide bonds. The zero-order valence-corrected chi connectivity index (χ0v) is 19.2. The van der Waals surface area contributed by atoms with Gasteiger partial charge in [0.25, 0.3) is 5.91 Å². The predicted octanol–water partition coefficient (Wildman–Crippen LogP) is 0.414. The topological polar surface area (TPSA) is 83.4 Å². The van der Waals surface area contributed by atoms with Crippen molar-refractivity contribution >= 4 is 27.3 Å². The number of ether oxygens (including phenoxy) is 1. The fourth-order valence-corrected chi connectivity index (χ4v) is 5.32. The molecule has 1 aromatic rings. The van der Waals surface area contributed by atoms with Gasteiger partial charge in [0.15, 0.2) is 6.54 Å². The van der Waals surface area contributed by atoms with Crippen molar-refractivity contribution in [3.05, 3.63) is 18.2 Å². The van der Waals surface area contributed by atoms with Gasteiger partial charge < -0.3 is 19.9 Å². The molecule has 2 rings (SSSR count). The molecule has 0 spiro atoms. The number of amides is 1. The molecule has 0 aromatic heterocycles. The SMILES string of the molecule is CCN(CC)S(=O)(=O)c1ccc(N(C)C)c(NC(=O)C[NH+]2C[C@H](C)O[C@@H](C)C2)c1. The lowest BCUT2D eigenvalue weighted by Crippen LogP contribution is -3.16. The summed E-state index contributed by atoms with van der Waals surface area (Å²) in [5, 5.41) is 2.93. The summed E-state index contributed by atoms with van der Waals surface area (Å²) >= 11 is 0. The summed E-state index contributed by atoms with van der Waals surface area (Å²) in [6.45, 7) is 10.3. The van der Waals surface area contributed by atoms with Crippen molar-refractivity contribution in [3.8, 4) is 0 Å². The fourth-order valence-electron chi connectivity index (χ4n) is 3.83. The van der Waals surface area contributed by atoms with E-state index in [-0.39, 0.29) is 23.0 Å². The van der Waals surface area contributed by atoms with E-state index in [1.165, 1.54) is 4.31 Å². The quantitative estimate of drug-likeness (QED) is 0.628. The second kappa shape index (κ2) is 9.88. The Morgan fingerprint density at radius 2 is 1.76 bits per heavy atom. The molecule has 164 valence electrons. The zero-order valence-electron chi connectivity index (χ0n) is 18.4. The molecule has 1 fully saturated rings. The van der Waals surface area contributed by atoms with Crippen LogP contribution in [0.4, 0.5) is 11.4 Å². The van der Waals surface area contributed by atoms with E-state index in [0.717, 1.165) is 23.7 Å². The summed E-state index contributed by atoms with van der Waals surface area (Å²) < 4.78 is 32.9. The number of anilines is 2. The van der Waals surface area contributed by atoms with E-state index < -0.39 is 10.0 Å². The van der Waals surface area contributed by atoms with Crippen molar-refractivity contribution in [2.24, 2.45) is 0 Å². The predicted molar refractivity (Wildman–Crippen MR) is 115 cm³/mol. The molecule has 9 heteroatoms. The van der Waals surface area contributed by atoms with E-state index in [1.807, 2.05) is 46.7 Å². The molecule has 2 atom stereocenters. The molecular weight excluding hydrogens is 392 g/mol.